The molecule has 0 saturated heterocycles. The quantitative estimate of drug-likeness (QED) is 0.303. The number of hydrogen-bond acceptors (Lipinski definition) is 6. The molecule has 12 heavy (non-hydrogen) atoms. The molecule has 0 spiro atoms. The Hall–Kier alpha value is -0.300. The minimum Gasteiger partial charge on any atom is -0.394 e. The molecule has 0 fully saturated rings. The Balaban J connectivity index is 3.37. The second kappa shape index (κ2) is 6.24. The summed E-state index contributed by atoms with van der Waals surface area (Å²) in [5.74, 6) is -0.636. The topological polar surface area (TPSA) is 76.0 Å². The van der Waals surface area contributed by atoms with Crippen molar-refractivity contribution < 1.29 is 24.8 Å². The van der Waals surface area contributed by atoms with E-state index in [1.807, 2.05) is 0 Å². The fourth-order valence-electron chi connectivity index (χ4n) is 0.293. The number of carbonyl (C=O) groups excluding carboxylic acids is 1. The molecule has 0 bridgehead atoms. The van der Waals surface area contributed by atoms with Gasteiger partial charge in [0.2, 0.25) is 0 Å². The molecule has 0 saturated carbocycles. The van der Waals surface area contributed by atoms with Gasteiger partial charge in [0.25, 0.3) is 0 Å². The van der Waals surface area contributed by atoms with E-state index in [1.54, 1.807) is 0 Å². The second-order valence-corrected chi connectivity index (χ2v) is 2.97. The highest BCUT2D eigenvalue weighted by atomic mass is 32.1. The van der Waals surface area contributed by atoms with Crippen LogP contribution in [-0.4, -0.2) is 40.8 Å². The van der Waals surface area contributed by atoms with Gasteiger partial charge >= 0.3 is 5.97 Å². The van der Waals surface area contributed by atoms with Crippen molar-refractivity contribution in [2.24, 2.45) is 0 Å². The van der Waals surface area contributed by atoms with E-state index < -0.39 is 23.9 Å². The maximum absolute atomic E-state index is 10.6. The molecule has 6 heteroatoms. The lowest BCUT2D eigenvalue weighted by Crippen LogP contribution is -2.22. The van der Waals surface area contributed by atoms with Crippen LogP contribution in [0.4, 0.5) is 0 Å². The van der Waals surface area contributed by atoms with Gasteiger partial charge in [-0.15, -0.1) is 0 Å². The monoisotopic (exact) mass is 196 g/mol. The highest BCUT2D eigenvalue weighted by Crippen LogP contribution is 1.96. The van der Waals surface area contributed by atoms with Crippen molar-refractivity contribution in [2.45, 2.75) is 18.3 Å². The molecule has 0 aliphatic heterocycles. The lowest BCUT2D eigenvalue weighted by molar-refractivity contribution is -0.282. The van der Waals surface area contributed by atoms with Gasteiger partial charge in [-0.1, -0.05) is 0 Å². The van der Waals surface area contributed by atoms with Gasteiger partial charge in [0.15, 0.2) is 0 Å². The summed E-state index contributed by atoms with van der Waals surface area (Å²) in [6, 6.07) is 0. The summed E-state index contributed by atoms with van der Waals surface area (Å²) in [5, 5.41) is 16.5. The first-order chi connectivity index (χ1) is 5.57. The van der Waals surface area contributed by atoms with Crippen molar-refractivity contribution in [3.63, 3.8) is 0 Å². The summed E-state index contributed by atoms with van der Waals surface area (Å²) in [4.78, 5) is 19.1. The Morgan fingerprint density at radius 3 is 2.67 bits per heavy atom. The van der Waals surface area contributed by atoms with Gasteiger partial charge in [0.1, 0.15) is 12.7 Å². The van der Waals surface area contributed by atoms with E-state index in [0.29, 0.717) is 0 Å². The van der Waals surface area contributed by atoms with Gasteiger partial charge < -0.3 is 10.2 Å². The van der Waals surface area contributed by atoms with Gasteiger partial charge in [0.05, 0.1) is 11.9 Å². The van der Waals surface area contributed by atoms with Crippen LogP contribution in [0.3, 0.4) is 0 Å². The number of aliphatic hydroxyl groups is 2. The Morgan fingerprint density at radius 1 is 1.67 bits per heavy atom. The molecule has 0 aromatic rings. The first kappa shape index (κ1) is 11.7. The molecule has 0 aliphatic rings. The zero-order valence-corrected chi connectivity index (χ0v) is 7.53. The van der Waals surface area contributed by atoms with Crippen LogP contribution in [0.15, 0.2) is 0 Å². The summed E-state index contributed by atoms with van der Waals surface area (Å²) in [6.45, 7) is 0.841. The predicted octanol–water partition coefficient (Wildman–Crippen LogP) is -0.867. The average molecular weight is 196 g/mol. The first-order valence-corrected chi connectivity index (χ1v) is 3.90. The van der Waals surface area contributed by atoms with Crippen LogP contribution in [0.25, 0.3) is 0 Å². The van der Waals surface area contributed by atoms with E-state index in [1.165, 1.54) is 6.92 Å². The van der Waals surface area contributed by atoms with Crippen molar-refractivity contribution in [3.8, 4) is 0 Å². The van der Waals surface area contributed by atoms with E-state index in [9.17, 15) is 4.79 Å². The fourth-order valence-corrected chi connectivity index (χ4v) is 0.336. The van der Waals surface area contributed by atoms with E-state index >= 15 is 0 Å². The maximum atomic E-state index is 10.6. The van der Waals surface area contributed by atoms with Gasteiger partial charge in [-0.25, -0.2) is 4.79 Å². The lowest BCUT2D eigenvalue weighted by atomic mass is 10.4. The Bertz CT molecular complexity index is 138. The van der Waals surface area contributed by atoms with Crippen LogP contribution < -0.4 is 0 Å². The molecule has 2 unspecified atom stereocenters. The van der Waals surface area contributed by atoms with Crippen LogP contribution in [-0.2, 0) is 14.6 Å². The van der Waals surface area contributed by atoms with Crippen molar-refractivity contribution in [1.82, 2.24) is 0 Å². The minimum absolute atomic E-state index is 0.247. The minimum atomic E-state index is -1.03. The summed E-state index contributed by atoms with van der Waals surface area (Å²) in [5.41, 5.74) is 0. The van der Waals surface area contributed by atoms with Crippen LogP contribution in [0, 0.1) is 0 Å². The molecule has 0 amide bonds. The zero-order chi connectivity index (χ0) is 9.56. The average Bonchev–Trinajstić information content (AvgIpc) is 2.03. The molecular weight excluding hydrogens is 184 g/mol. The zero-order valence-electron chi connectivity index (χ0n) is 6.64. The molecule has 2 N–H and O–H groups in total. The molecule has 2 atom stereocenters. The van der Waals surface area contributed by atoms with E-state index in [4.69, 9.17) is 10.2 Å². The fraction of sp³-hybridized carbons (Fsp3) is 0.833. The lowest BCUT2D eigenvalue weighted by Gasteiger charge is -2.07. The largest absolute Gasteiger partial charge is 0.394 e. The van der Waals surface area contributed by atoms with Gasteiger partial charge in [-0.3, -0.25) is 4.89 Å². The number of aliphatic hydroxyl groups excluding tert-OH is 2. The van der Waals surface area contributed by atoms with E-state index in [0.717, 1.165) is 0 Å². The third kappa shape index (κ3) is 5.36. The van der Waals surface area contributed by atoms with Crippen LogP contribution in [0.5, 0.6) is 0 Å². The Morgan fingerprint density at radius 2 is 2.25 bits per heavy atom. The molecule has 0 aromatic carbocycles. The van der Waals surface area contributed by atoms with E-state index in [-0.39, 0.29) is 6.61 Å². The molecule has 0 heterocycles. The van der Waals surface area contributed by atoms with Gasteiger partial charge in [-0.2, -0.15) is 17.5 Å². The van der Waals surface area contributed by atoms with Crippen LogP contribution in [0.2, 0.25) is 0 Å². The molecule has 0 radical (unpaired) electrons. The summed E-state index contributed by atoms with van der Waals surface area (Å²) in [7, 11) is 0. The molecule has 0 aliphatic carbocycles. The molecular formula is C6H12O5S. The normalized spacial score (nSPS) is 15.3. The molecule has 0 aromatic heterocycles. The number of thiol groups is 1. The number of carbonyl (C=O) groups is 1. The Labute approximate surface area is 75.6 Å². The van der Waals surface area contributed by atoms with Crippen LogP contribution in [0.1, 0.15) is 6.92 Å². The summed E-state index contributed by atoms with van der Waals surface area (Å²) >= 11 is 3.77. The highest BCUT2D eigenvalue weighted by Gasteiger charge is 2.11. The van der Waals surface area contributed by atoms with Crippen molar-refractivity contribution in [1.29, 1.82) is 0 Å². The van der Waals surface area contributed by atoms with Crippen LogP contribution >= 0.6 is 12.6 Å². The van der Waals surface area contributed by atoms with Crippen molar-refractivity contribution in [3.05, 3.63) is 0 Å². The highest BCUT2D eigenvalue weighted by molar-refractivity contribution is 7.81. The second-order valence-electron chi connectivity index (χ2n) is 2.20. The first-order valence-electron chi connectivity index (χ1n) is 3.38. The predicted molar refractivity (Wildman–Crippen MR) is 43.6 cm³/mol. The SMILES string of the molecule is CC(S)C(=O)OOCC(O)CO. The smallest absolute Gasteiger partial charge is 0.354 e. The number of rotatable bonds is 5. The summed E-state index contributed by atoms with van der Waals surface area (Å²) in [6.07, 6.45) is -1.03. The van der Waals surface area contributed by atoms with E-state index in [2.05, 4.69) is 22.4 Å². The Kier molecular flexibility index (Phi) is 6.09. The van der Waals surface area contributed by atoms with Gasteiger partial charge in [0, 0.05) is 0 Å². The molecule has 5 nitrogen and oxygen atoms in total. The third-order valence-electron chi connectivity index (χ3n) is 0.953. The van der Waals surface area contributed by atoms with Gasteiger partial charge in [-0.05, 0) is 6.92 Å². The standard InChI is InChI=1S/C6H12O5S/c1-4(12)6(9)11-10-3-5(8)2-7/h4-5,7-8,12H,2-3H2,1H3. The third-order valence-corrected chi connectivity index (χ3v) is 1.16. The molecule has 72 valence electrons. The summed E-state index contributed by atoms with van der Waals surface area (Å²) < 4.78 is 0. The molecule has 0 rings (SSSR count). The van der Waals surface area contributed by atoms with Crippen molar-refractivity contribution >= 4 is 18.6 Å². The van der Waals surface area contributed by atoms with Crippen molar-refractivity contribution in [2.75, 3.05) is 13.2 Å². The maximum Gasteiger partial charge on any atom is 0.354 e. The number of hydrogen-bond donors (Lipinski definition) is 3.